The number of likely N-dealkylation sites (N-methyl/N-ethyl adjacent to an activating group) is 2. The first kappa shape index (κ1) is 46.0. The van der Waals surface area contributed by atoms with Crippen molar-refractivity contribution in [1.82, 2.24) is 40.2 Å². The molecule has 2 aliphatic carbocycles. The number of hydrogen-bond acceptors (Lipinski definition) is 6. The van der Waals surface area contributed by atoms with Crippen LogP contribution in [0.2, 0.25) is 0 Å². The van der Waals surface area contributed by atoms with Gasteiger partial charge in [0.25, 0.3) is 0 Å². The Morgan fingerprint density at radius 2 is 1.16 bits per heavy atom. The van der Waals surface area contributed by atoms with Crippen molar-refractivity contribution in [3.05, 3.63) is 71.0 Å². The van der Waals surface area contributed by atoms with Gasteiger partial charge in [0.2, 0.25) is 23.6 Å². The van der Waals surface area contributed by atoms with Gasteiger partial charge in [-0.2, -0.15) is 10.2 Å². The first-order valence-corrected chi connectivity index (χ1v) is 24.4. The number of aromatic amines is 4. The zero-order chi connectivity index (χ0) is 47.5. The lowest BCUT2D eigenvalue weighted by Crippen LogP contribution is -2.53. The van der Waals surface area contributed by atoms with E-state index in [1.165, 1.54) is 22.5 Å². The third-order valence-electron chi connectivity index (χ3n) is 15.2. The zero-order valence-electron chi connectivity index (χ0n) is 40.9. The summed E-state index contributed by atoms with van der Waals surface area (Å²) in [6, 6.07) is 15.4. The molecule has 2 aromatic carbocycles. The van der Waals surface area contributed by atoms with Crippen molar-refractivity contribution in [1.29, 1.82) is 0 Å². The molecule has 3 unspecified atom stereocenters. The number of amides is 4. The van der Waals surface area contributed by atoms with Crippen LogP contribution in [-0.4, -0.2) is 103 Å². The number of nitrogens with one attached hydrogen (secondary N) is 4. The second kappa shape index (κ2) is 17.8. The normalized spacial score (nSPS) is 19.9. The van der Waals surface area contributed by atoms with Gasteiger partial charge in [0, 0.05) is 95.2 Å². The zero-order valence-corrected chi connectivity index (χ0v) is 40.9. The van der Waals surface area contributed by atoms with E-state index in [0.717, 1.165) is 120 Å². The molecule has 6 aromatic rings. The lowest BCUT2D eigenvalue weighted by molar-refractivity contribution is -0.143. The Kier molecular flexibility index (Phi) is 12.2. The Morgan fingerprint density at radius 3 is 1.66 bits per heavy atom. The molecule has 4 amide bonds. The van der Waals surface area contributed by atoms with Gasteiger partial charge in [0.05, 0.1) is 11.4 Å². The van der Waals surface area contributed by atoms with E-state index >= 15 is 0 Å². The van der Waals surface area contributed by atoms with E-state index in [4.69, 9.17) is 0 Å². The fourth-order valence-corrected chi connectivity index (χ4v) is 11.0. The topological polar surface area (TPSA) is 170 Å². The number of nitrogens with zero attached hydrogens (tertiary/aromatic N) is 6. The summed E-state index contributed by atoms with van der Waals surface area (Å²) in [6.07, 6.45) is 11.2. The molecular formula is C53H68N10O4. The molecule has 2 fully saturated rings. The molecule has 3 atom stereocenters. The molecular weight excluding hydrogens is 841 g/mol. The summed E-state index contributed by atoms with van der Waals surface area (Å²) in [5, 5.41) is 18.0. The lowest BCUT2D eigenvalue weighted by atomic mass is 9.76. The predicted octanol–water partition coefficient (Wildman–Crippen LogP) is 9.26. The molecule has 14 nitrogen and oxygen atoms in total. The van der Waals surface area contributed by atoms with Crippen molar-refractivity contribution < 1.29 is 19.2 Å². The van der Waals surface area contributed by atoms with Crippen LogP contribution >= 0.6 is 0 Å². The molecule has 4 aromatic heterocycles. The van der Waals surface area contributed by atoms with Gasteiger partial charge in [-0.3, -0.25) is 29.4 Å². The Bertz CT molecular complexity index is 2860. The summed E-state index contributed by atoms with van der Waals surface area (Å²) in [5.74, 6) is 0.00597. The van der Waals surface area contributed by atoms with Crippen LogP contribution in [0.3, 0.4) is 0 Å². The van der Waals surface area contributed by atoms with Gasteiger partial charge >= 0.3 is 0 Å². The maximum Gasteiger partial charge on any atom is 0.249 e. The number of benzene rings is 2. The molecule has 6 heterocycles. The highest BCUT2D eigenvalue weighted by molar-refractivity contribution is 6.02. The van der Waals surface area contributed by atoms with Gasteiger partial charge < -0.3 is 29.6 Å². The van der Waals surface area contributed by atoms with E-state index in [0.29, 0.717) is 30.2 Å². The first-order chi connectivity index (χ1) is 31.9. The van der Waals surface area contributed by atoms with E-state index in [9.17, 15) is 19.2 Å². The fraction of sp³-hybridized carbons (Fsp3) is 0.509. The summed E-state index contributed by atoms with van der Waals surface area (Å²) >= 11 is 0. The third kappa shape index (κ3) is 9.03. The Balaban J connectivity index is 0.000000168. The number of piperidine rings is 2. The maximum atomic E-state index is 13.3. The average Bonchev–Trinajstić information content (AvgIpc) is 4.11. The van der Waals surface area contributed by atoms with E-state index < -0.39 is 12.1 Å². The largest absolute Gasteiger partial charge is 0.353 e. The number of H-pyrrole nitrogens is 4. The minimum atomic E-state index is -0.484. The predicted molar refractivity (Wildman–Crippen MR) is 265 cm³/mol. The van der Waals surface area contributed by atoms with Crippen LogP contribution in [0.5, 0.6) is 0 Å². The molecule has 0 saturated carbocycles. The Hall–Kier alpha value is -6.18. The van der Waals surface area contributed by atoms with Crippen LogP contribution in [0.15, 0.2) is 48.5 Å². The Labute approximate surface area is 393 Å². The van der Waals surface area contributed by atoms with Gasteiger partial charge in [-0.25, -0.2) is 0 Å². The summed E-state index contributed by atoms with van der Waals surface area (Å²) in [7, 11) is 3.57. The number of anilines is 2. The minimum absolute atomic E-state index is 0.0691. The van der Waals surface area contributed by atoms with Gasteiger partial charge in [0.15, 0.2) is 0 Å². The van der Waals surface area contributed by atoms with E-state index in [2.05, 4.69) is 70.2 Å². The van der Waals surface area contributed by atoms with Crippen molar-refractivity contribution >= 4 is 56.8 Å². The van der Waals surface area contributed by atoms with Crippen LogP contribution in [0.4, 0.5) is 11.4 Å². The fourth-order valence-electron chi connectivity index (χ4n) is 11.0. The molecule has 0 bridgehead atoms. The molecule has 14 heteroatoms. The van der Waals surface area contributed by atoms with E-state index in [1.54, 1.807) is 33.7 Å². The monoisotopic (exact) mass is 909 g/mol. The smallest absolute Gasteiger partial charge is 0.249 e. The van der Waals surface area contributed by atoms with Crippen LogP contribution in [0.1, 0.15) is 122 Å². The third-order valence-corrected chi connectivity index (χ3v) is 15.2. The number of fused-ring (bicyclic) bond motifs is 4. The van der Waals surface area contributed by atoms with Crippen LogP contribution in [-0.2, 0) is 44.9 Å². The minimum Gasteiger partial charge on any atom is -0.353 e. The van der Waals surface area contributed by atoms with Crippen LogP contribution in [0.25, 0.3) is 44.6 Å². The number of aromatic nitrogens is 6. The molecule has 67 heavy (non-hydrogen) atoms. The number of carbonyl (C=O) groups excluding carboxylic acids is 4. The quantitative estimate of drug-likeness (QED) is 0.119. The average molecular weight is 909 g/mol. The van der Waals surface area contributed by atoms with Gasteiger partial charge in [-0.15, -0.1) is 0 Å². The molecule has 10 rings (SSSR count). The molecule has 4 N–H and O–H groups in total. The Morgan fingerprint density at radius 1 is 0.672 bits per heavy atom. The van der Waals surface area contributed by atoms with Crippen LogP contribution in [0, 0.1) is 10.8 Å². The van der Waals surface area contributed by atoms with Crippen molar-refractivity contribution in [2.75, 3.05) is 30.4 Å². The number of hydrogen-bond donors (Lipinski definition) is 4. The summed E-state index contributed by atoms with van der Waals surface area (Å²) in [5.41, 5.74) is 13.3. The molecule has 4 aliphatic rings. The molecule has 354 valence electrons. The van der Waals surface area contributed by atoms with Crippen molar-refractivity contribution in [3.63, 3.8) is 0 Å². The highest BCUT2D eigenvalue weighted by Crippen LogP contribution is 2.40. The molecule has 0 spiro atoms. The lowest BCUT2D eigenvalue weighted by Gasteiger charge is -2.38. The number of carbonyl (C=O) groups is 4. The molecule has 2 aliphatic heterocycles. The van der Waals surface area contributed by atoms with Crippen LogP contribution < -0.4 is 9.80 Å². The standard InChI is InChI=1S/C27H35N5O2.C26H33N5O2/c1-16-7-6-8-24(33)32(16)17(2)26(34)31(5)19-10-9-18-13-22(28-21(18)14-19)25-20-11-12-27(3,4)15-23(20)29-30-25;1-16(31-12-6-5-7-23(31)32)25(33)30(4)18-9-8-17-13-21(27-20(17)14-18)24-19-10-11-26(2,3)15-22(19)28-29-24/h9-10,13-14,16-17,28H,6-8,11-12,15H2,1-5H3,(H,29,30);8-9,13-14,16,27H,5-7,10-12,15H2,1-4H3,(H,28,29). The highest BCUT2D eigenvalue weighted by atomic mass is 16.2. The number of likely N-dealkylation sites (tertiary alicyclic amines) is 2. The summed E-state index contributed by atoms with van der Waals surface area (Å²) in [6.45, 7) is 15.6. The van der Waals surface area contributed by atoms with E-state index in [-0.39, 0.29) is 29.7 Å². The van der Waals surface area contributed by atoms with Gasteiger partial charge in [-0.05, 0) is 132 Å². The highest BCUT2D eigenvalue weighted by Gasteiger charge is 2.35. The second-order valence-electron chi connectivity index (χ2n) is 21.4. The maximum absolute atomic E-state index is 13.3. The first-order valence-electron chi connectivity index (χ1n) is 24.4. The van der Waals surface area contributed by atoms with Gasteiger partial charge in [0.1, 0.15) is 23.5 Å². The van der Waals surface area contributed by atoms with Gasteiger partial charge in [-0.1, -0.05) is 39.8 Å². The SMILES string of the molecule is CC(C(=O)N(C)c1ccc2cc(-c3n[nH]c4c3CCC(C)(C)C4)[nH]c2c1)N1CCCCC1=O.CC1CCCC(=O)N1C(C)C(=O)N(C)c1ccc2cc(-c3n[nH]c4c3CCC(C)(C)C4)[nH]c2c1. The molecule has 0 radical (unpaired) electrons. The van der Waals surface area contributed by atoms with E-state index in [1.807, 2.05) is 57.2 Å². The summed E-state index contributed by atoms with van der Waals surface area (Å²) in [4.78, 5) is 65.0. The summed E-state index contributed by atoms with van der Waals surface area (Å²) < 4.78 is 0. The van der Waals surface area contributed by atoms with Crippen molar-refractivity contribution in [2.24, 2.45) is 10.8 Å². The number of rotatable bonds is 8. The van der Waals surface area contributed by atoms with Crippen molar-refractivity contribution in [2.45, 2.75) is 144 Å². The van der Waals surface area contributed by atoms with Crippen molar-refractivity contribution in [3.8, 4) is 22.8 Å². The second-order valence-corrected chi connectivity index (χ2v) is 21.4. The molecule has 2 saturated heterocycles.